The van der Waals surface area contributed by atoms with Gasteiger partial charge in [0.15, 0.2) is 0 Å². The summed E-state index contributed by atoms with van der Waals surface area (Å²) in [4.78, 5) is 24.9. The molecule has 0 bridgehead atoms. The highest BCUT2D eigenvalue weighted by Gasteiger charge is 2.33. The van der Waals surface area contributed by atoms with Crippen LogP contribution in [-0.4, -0.2) is 29.3 Å². The molecule has 6 heteroatoms. The molecule has 0 aliphatic carbocycles. The molecule has 2 rings (SSSR count). The first-order valence-corrected chi connectivity index (χ1v) is 6.33. The number of piperazine rings is 1. The minimum atomic E-state index is -0.679. The number of imide groups is 1. The van der Waals surface area contributed by atoms with Crippen molar-refractivity contribution in [3.05, 3.63) is 35.1 Å². The van der Waals surface area contributed by atoms with E-state index in [-0.39, 0.29) is 36.0 Å². The van der Waals surface area contributed by atoms with Gasteiger partial charge in [-0.25, -0.2) is 4.39 Å². The molecule has 2 amide bonds. The quantitative estimate of drug-likeness (QED) is 0.833. The average molecular weight is 275 g/mol. The Kier molecular flexibility index (Phi) is 4.11. The number of hydrogen-bond acceptors (Lipinski definition) is 4. The topological polar surface area (TPSA) is 73.2 Å². The Morgan fingerprint density at radius 3 is 2.90 bits per heavy atom. The molecule has 5 nitrogen and oxygen atoms in total. The lowest BCUT2D eigenvalue weighted by molar-refractivity contribution is -0.150. The van der Waals surface area contributed by atoms with E-state index in [1.807, 2.05) is 6.92 Å². The van der Waals surface area contributed by atoms with Crippen molar-refractivity contribution in [3.8, 4) is 6.07 Å². The zero-order valence-electron chi connectivity index (χ0n) is 11.0. The highest BCUT2D eigenvalue weighted by Crippen LogP contribution is 2.17. The van der Waals surface area contributed by atoms with Gasteiger partial charge in [0.25, 0.3) is 0 Å². The molecule has 0 aromatic heterocycles. The molecular weight excluding hydrogens is 261 g/mol. The number of carbonyl (C=O) groups excluding carboxylic acids is 2. The van der Waals surface area contributed by atoms with Crippen LogP contribution < -0.4 is 5.32 Å². The summed E-state index contributed by atoms with van der Waals surface area (Å²) in [7, 11) is 0. The van der Waals surface area contributed by atoms with Crippen LogP contribution in [0.4, 0.5) is 4.39 Å². The lowest BCUT2D eigenvalue weighted by Gasteiger charge is -2.31. The van der Waals surface area contributed by atoms with E-state index in [2.05, 4.69) is 5.32 Å². The molecule has 1 heterocycles. The van der Waals surface area contributed by atoms with E-state index in [0.29, 0.717) is 6.42 Å². The number of nitrogens with zero attached hydrogens (tertiary/aromatic N) is 2. The van der Waals surface area contributed by atoms with Gasteiger partial charge >= 0.3 is 0 Å². The second-order valence-electron chi connectivity index (χ2n) is 4.55. The van der Waals surface area contributed by atoms with E-state index >= 15 is 0 Å². The predicted octanol–water partition coefficient (Wildman–Crippen LogP) is 0.934. The van der Waals surface area contributed by atoms with Crippen LogP contribution in [0.5, 0.6) is 0 Å². The molecule has 1 aliphatic rings. The Morgan fingerprint density at radius 1 is 1.50 bits per heavy atom. The second kappa shape index (κ2) is 5.80. The molecule has 1 saturated heterocycles. The first-order chi connectivity index (χ1) is 9.58. The second-order valence-corrected chi connectivity index (χ2v) is 4.55. The van der Waals surface area contributed by atoms with E-state index < -0.39 is 11.9 Å². The summed E-state index contributed by atoms with van der Waals surface area (Å²) in [6.07, 6.45) is 0.559. The van der Waals surface area contributed by atoms with Crippen LogP contribution in [-0.2, 0) is 16.1 Å². The van der Waals surface area contributed by atoms with Crippen molar-refractivity contribution in [1.29, 1.82) is 5.26 Å². The summed E-state index contributed by atoms with van der Waals surface area (Å²) in [6.45, 7) is 1.75. The smallest absolute Gasteiger partial charge is 0.246 e. The van der Waals surface area contributed by atoms with E-state index in [1.54, 1.807) is 6.07 Å². The number of carbonyl (C=O) groups is 2. The first-order valence-electron chi connectivity index (χ1n) is 6.33. The molecular formula is C14H14FN3O2. The predicted molar refractivity (Wildman–Crippen MR) is 68.8 cm³/mol. The van der Waals surface area contributed by atoms with Crippen molar-refractivity contribution < 1.29 is 14.0 Å². The monoisotopic (exact) mass is 275 g/mol. The van der Waals surface area contributed by atoms with Gasteiger partial charge in [0.2, 0.25) is 11.8 Å². The number of nitrogens with one attached hydrogen (secondary N) is 1. The summed E-state index contributed by atoms with van der Waals surface area (Å²) in [6, 6.07) is 5.68. The zero-order chi connectivity index (χ0) is 14.7. The van der Waals surface area contributed by atoms with Gasteiger partial charge in [-0.2, -0.15) is 5.26 Å². The molecule has 20 heavy (non-hydrogen) atoms. The Balaban J connectivity index is 2.26. The number of amides is 2. The number of halogens is 1. The summed E-state index contributed by atoms with van der Waals surface area (Å²) in [5.74, 6) is -1.42. The summed E-state index contributed by atoms with van der Waals surface area (Å²) >= 11 is 0. The third-order valence-electron chi connectivity index (χ3n) is 3.30. The van der Waals surface area contributed by atoms with Gasteiger partial charge in [0.05, 0.1) is 24.7 Å². The van der Waals surface area contributed by atoms with Gasteiger partial charge < -0.3 is 0 Å². The van der Waals surface area contributed by atoms with Crippen molar-refractivity contribution in [1.82, 2.24) is 10.2 Å². The molecule has 1 aromatic carbocycles. The molecule has 0 spiro atoms. The molecule has 1 fully saturated rings. The van der Waals surface area contributed by atoms with Crippen LogP contribution in [0, 0.1) is 17.1 Å². The average Bonchev–Trinajstić information content (AvgIpc) is 2.45. The van der Waals surface area contributed by atoms with Gasteiger partial charge in [-0.05, 0) is 12.5 Å². The van der Waals surface area contributed by atoms with E-state index in [4.69, 9.17) is 5.26 Å². The molecule has 1 N–H and O–H groups in total. The maximum Gasteiger partial charge on any atom is 0.246 e. The highest BCUT2D eigenvalue weighted by molar-refractivity contribution is 6.01. The summed E-state index contributed by atoms with van der Waals surface area (Å²) in [5, 5.41) is 11.6. The zero-order valence-corrected chi connectivity index (χ0v) is 11.0. The van der Waals surface area contributed by atoms with Crippen molar-refractivity contribution >= 4 is 11.8 Å². The van der Waals surface area contributed by atoms with Crippen molar-refractivity contribution in [3.63, 3.8) is 0 Å². The largest absolute Gasteiger partial charge is 0.297 e. The van der Waals surface area contributed by atoms with Gasteiger partial charge in [-0.1, -0.05) is 19.1 Å². The molecule has 1 unspecified atom stereocenters. The van der Waals surface area contributed by atoms with E-state index in [0.717, 1.165) is 4.90 Å². The standard InChI is InChI=1S/C14H14FN3O2/c1-2-11-14(20)18(12(19)7-17-11)8-10-5-3-4-9(6-16)13(10)15/h3-5,11,17H,2,7-8H2,1H3. The van der Waals surface area contributed by atoms with Crippen LogP contribution in [0.15, 0.2) is 18.2 Å². The molecule has 1 atom stereocenters. The molecule has 0 saturated carbocycles. The van der Waals surface area contributed by atoms with E-state index in [1.165, 1.54) is 18.2 Å². The van der Waals surface area contributed by atoms with Crippen molar-refractivity contribution in [2.24, 2.45) is 0 Å². The fraction of sp³-hybridized carbons (Fsp3) is 0.357. The maximum absolute atomic E-state index is 14.0. The minimum absolute atomic E-state index is 0.0593. The van der Waals surface area contributed by atoms with Crippen LogP contribution in [0.25, 0.3) is 0 Å². The SMILES string of the molecule is CCC1NCC(=O)N(Cc2cccc(C#N)c2F)C1=O. The summed E-state index contributed by atoms with van der Waals surface area (Å²) in [5.41, 5.74) is 0.0760. The van der Waals surface area contributed by atoms with Crippen LogP contribution >= 0.6 is 0 Å². The number of rotatable bonds is 3. The maximum atomic E-state index is 14.0. The van der Waals surface area contributed by atoms with Crippen molar-refractivity contribution in [2.75, 3.05) is 6.54 Å². The Morgan fingerprint density at radius 2 is 2.25 bits per heavy atom. The molecule has 1 aromatic rings. The Hall–Kier alpha value is -2.26. The van der Waals surface area contributed by atoms with Crippen LogP contribution in [0.1, 0.15) is 24.5 Å². The van der Waals surface area contributed by atoms with Crippen LogP contribution in [0.2, 0.25) is 0 Å². The van der Waals surface area contributed by atoms with Gasteiger partial charge in [-0.3, -0.25) is 19.8 Å². The fourth-order valence-corrected chi connectivity index (χ4v) is 2.15. The minimum Gasteiger partial charge on any atom is -0.297 e. The van der Waals surface area contributed by atoms with Crippen LogP contribution in [0.3, 0.4) is 0 Å². The first kappa shape index (κ1) is 14.2. The lowest BCUT2D eigenvalue weighted by atomic mass is 10.1. The molecule has 104 valence electrons. The van der Waals surface area contributed by atoms with Gasteiger partial charge in [0, 0.05) is 5.56 Å². The van der Waals surface area contributed by atoms with E-state index in [9.17, 15) is 14.0 Å². The molecule has 0 radical (unpaired) electrons. The molecule has 1 aliphatic heterocycles. The van der Waals surface area contributed by atoms with Crippen molar-refractivity contribution in [2.45, 2.75) is 25.9 Å². The fourth-order valence-electron chi connectivity index (χ4n) is 2.15. The third kappa shape index (κ3) is 2.53. The number of nitriles is 1. The highest BCUT2D eigenvalue weighted by atomic mass is 19.1. The normalized spacial score (nSPS) is 19.1. The Labute approximate surface area is 116 Å². The number of benzene rings is 1. The summed E-state index contributed by atoms with van der Waals surface area (Å²) < 4.78 is 14.0. The lowest BCUT2D eigenvalue weighted by Crippen LogP contribution is -2.57. The Bertz CT molecular complexity index is 595. The van der Waals surface area contributed by atoms with Gasteiger partial charge in [0.1, 0.15) is 11.9 Å². The van der Waals surface area contributed by atoms with Gasteiger partial charge in [-0.15, -0.1) is 0 Å². The third-order valence-corrected chi connectivity index (χ3v) is 3.30. The number of hydrogen-bond donors (Lipinski definition) is 1.